The van der Waals surface area contributed by atoms with Crippen molar-refractivity contribution in [3.8, 4) is 5.75 Å². The summed E-state index contributed by atoms with van der Waals surface area (Å²) in [5.74, 6) is 1.12. The molecule has 2 aliphatic rings. The molecule has 2 atom stereocenters. The van der Waals surface area contributed by atoms with Crippen LogP contribution in [0.25, 0.3) is 0 Å². The Balaban J connectivity index is 1.70. The van der Waals surface area contributed by atoms with E-state index in [-0.39, 0.29) is 17.4 Å². The molecule has 0 bridgehead atoms. The Morgan fingerprint density at radius 2 is 2.00 bits per heavy atom. The number of carbonyl (C=O) groups is 1. The molecule has 144 valence electrons. The molecule has 26 heavy (non-hydrogen) atoms. The fraction of sp³-hybridized carbons (Fsp3) is 0.667. The zero-order valence-electron chi connectivity index (χ0n) is 16.2. The van der Waals surface area contributed by atoms with Crippen LogP contribution in [-0.4, -0.2) is 55.5 Å². The number of carbonyl (C=O) groups excluding carboxylic acids is 1. The number of amides is 1. The van der Waals surface area contributed by atoms with Crippen molar-refractivity contribution < 1.29 is 9.53 Å². The van der Waals surface area contributed by atoms with Crippen molar-refractivity contribution in [1.82, 2.24) is 9.80 Å². The van der Waals surface area contributed by atoms with Crippen LogP contribution in [0.5, 0.6) is 5.75 Å². The van der Waals surface area contributed by atoms with Gasteiger partial charge in [-0.2, -0.15) is 0 Å². The third-order valence-corrected chi connectivity index (χ3v) is 6.06. The van der Waals surface area contributed by atoms with E-state index in [0.717, 1.165) is 44.6 Å². The van der Waals surface area contributed by atoms with Crippen LogP contribution >= 0.6 is 0 Å². The molecular formula is C21H33N3O2. The summed E-state index contributed by atoms with van der Waals surface area (Å²) in [6.45, 7) is 6.19. The zero-order chi connectivity index (χ0) is 18.6. The highest BCUT2D eigenvalue weighted by atomic mass is 16.5. The predicted octanol–water partition coefficient (Wildman–Crippen LogP) is 2.81. The van der Waals surface area contributed by atoms with Crippen molar-refractivity contribution in [3.05, 3.63) is 29.8 Å². The SMILES string of the molecule is COc1ccc(C2CCCCCN2C(=O)CN2CCC(C)(CN)C2)cc1. The van der Waals surface area contributed by atoms with Gasteiger partial charge in [0.2, 0.25) is 5.91 Å². The monoisotopic (exact) mass is 359 g/mol. The van der Waals surface area contributed by atoms with E-state index in [9.17, 15) is 4.79 Å². The summed E-state index contributed by atoms with van der Waals surface area (Å²) in [6.07, 6.45) is 5.59. The molecule has 2 aliphatic heterocycles. The first-order valence-corrected chi connectivity index (χ1v) is 9.90. The summed E-state index contributed by atoms with van der Waals surface area (Å²) in [6, 6.07) is 8.39. The minimum absolute atomic E-state index is 0.161. The van der Waals surface area contributed by atoms with Gasteiger partial charge in [0.25, 0.3) is 0 Å². The second kappa shape index (κ2) is 8.40. The van der Waals surface area contributed by atoms with E-state index in [4.69, 9.17) is 10.5 Å². The van der Waals surface area contributed by atoms with Crippen LogP contribution < -0.4 is 10.5 Å². The van der Waals surface area contributed by atoms with Crippen LogP contribution in [0.4, 0.5) is 0 Å². The Labute approximate surface area is 157 Å². The average Bonchev–Trinajstić information content (AvgIpc) is 2.88. The third kappa shape index (κ3) is 4.38. The number of nitrogens with two attached hydrogens (primary N) is 1. The molecule has 2 heterocycles. The molecule has 1 amide bonds. The standard InChI is InChI=1S/C21H33N3O2/c1-21(15-22)11-13-23(16-21)14-20(25)24-12-5-3-4-6-19(24)17-7-9-18(26-2)10-8-17/h7-10,19H,3-6,11-16,22H2,1-2H3. The Hall–Kier alpha value is -1.59. The molecule has 3 rings (SSSR count). The Morgan fingerprint density at radius 3 is 2.65 bits per heavy atom. The van der Waals surface area contributed by atoms with Gasteiger partial charge in [0.1, 0.15) is 5.75 Å². The first-order chi connectivity index (χ1) is 12.5. The van der Waals surface area contributed by atoms with Crippen molar-refractivity contribution in [1.29, 1.82) is 0 Å². The molecule has 2 fully saturated rings. The van der Waals surface area contributed by atoms with Crippen LogP contribution in [0.1, 0.15) is 50.6 Å². The highest BCUT2D eigenvalue weighted by molar-refractivity contribution is 5.79. The number of ether oxygens (including phenoxy) is 1. The summed E-state index contributed by atoms with van der Waals surface area (Å²) in [5.41, 5.74) is 7.29. The third-order valence-electron chi connectivity index (χ3n) is 6.06. The smallest absolute Gasteiger partial charge is 0.237 e. The van der Waals surface area contributed by atoms with E-state index in [1.54, 1.807) is 7.11 Å². The highest BCUT2D eigenvalue weighted by Gasteiger charge is 2.35. The van der Waals surface area contributed by atoms with E-state index >= 15 is 0 Å². The van der Waals surface area contributed by atoms with Gasteiger partial charge < -0.3 is 15.4 Å². The van der Waals surface area contributed by atoms with E-state index < -0.39 is 0 Å². The van der Waals surface area contributed by atoms with Crippen LogP contribution in [0.2, 0.25) is 0 Å². The minimum Gasteiger partial charge on any atom is -0.497 e. The average molecular weight is 360 g/mol. The van der Waals surface area contributed by atoms with Gasteiger partial charge in [0, 0.05) is 13.1 Å². The van der Waals surface area contributed by atoms with Gasteiger partial charge in [-0.05, 0) is 55.5 Å². The molecule has 0 saturated carbocycles. The zero-order valence-corrected chi connectivity index (χ0v) is 16.2. The molecular weight excluding hydrogens is 326 g/mol. The van der Waals surface area contributed by atoms with Crippen LogP contribution in [-0.2, 0) is 4.79 Å². The van der Waals surface area contributed by atoms with Crippen molar-refractivity contribution in [2.75, 3.05) is 39.8 Å². The molecule has 0 spiro atoms. The second-order valence-corrected chi connectivity index (χ2v) is 8.20. The van der Waals surface area contributed by atoms with Gasteiger partial charge in [0.05, 0.1) is 19.7 Å². The maximum Gasteiger partial charge on any atom is 0.237 e. The van der Waals surface area contributed by atoms with Gasteiger partial charge in [-0.15, -0.1) is 0 Å². The van der Waals surface area contributed by atoms with E-state index in [0.29, 0.717) is 13.1 Å². The Bertz CT molecular complexity index is 604. The highest BCUT2D eigenvalue weighted by Crippen LogP contribution is 2.32. The maximum absolute atomic E-state index is 13.1. The first-order valence-electron chi connectivity index (χ1n) is 9.90. The number of hydrogen-bond acceptors (Lipinski definition) is 4. The molecule has 5 nitrogen and oxygen atoms in total. The van der Waals surface area contributed by atoms with Gasteiger partial charge >= 0.3 is 0 Å². The lowest BCUT2D eigenvalue weighted by atomic mass is 9.90. The Kier molecular flexibility index (Phi) is 6.20. The van der Waals surface area contributed by atoms with Crippen molar-refractivity contribution in [2.45, 2.75) is 45.1 Å². The van der Waals surface area contributed by atoms with Gasteiger partial charge in [0.15, 0.2) is 0 Å². The number of rotatable bonds is 5. The normalized spacial score (nSPS) is 27.3. The number of likely N-dealkylation sites (tertiary alicyclic amines) is 2. The van der Waals surface area contributed by atoms with E-state index in [2.05, 4.69) is 28.9 Å². The van der Waals surface area contributed by atoms with Crippen molar-refractivity contribution >= 4 is 5.91 Å². The second-order valence-electron chi connectivity index (χ2n) is 8.20. The Morgan fingerprint density at radius 1 is 1.23 bits per heavy atom. The molecule has 2 saturated heterocycles. The van der Waals surface area contributed by atoms with Crippen LogP contribution in [0.3, 0.4) is 0 Å². The molecule has 2 unspecified atom stereocenters. The summed E-state index contributed by atoms with van der Waals surface area (Å²) in [5, 5.41) is 0. The summed E-state index contributed by atoms with van der Waals surface area (Å²) in [7, 11) is 1.68. The van der Waals surface area contributed by atoms with Crippen molar-refractivity contribution in [2.24, 2.45) is 11.1 Å². The van der Waals surface area contributed by atoms with E-state index in [1.165, 1.54) is 18.4 Å². The lowest BCUT2D eigenvalue weighted by molar-refractivity contribution is -0.134. The van der Waals surface area contributed by atoms with E-state index in [1.807, 2.05) is 12.1 Å². The van der Waals surface area contributed by atoms with Crippen molar-refractivity contribution in [3.63, 3.8) is 0 Å². The molecule has 0 aromatic heterocycles. The molecule has 0 radical (unpaired) electrons. The minimum atomic E-state index is 0.161. The topological polar surface area (TPSA) is 58.8 Å². The fourth-order valence-electron chi connectivity index (χ4n) is 4.29. The first kappa shape index (κ1) is 19.2. The lowest BCUT2D eigenvalue weighted by Crippen LogP contribution is -2.42. The maximum atomic E-state index is 13.1. The van der Waals surface area contributed by atoms with Crippen LogP contribution in [0, 0.1) is 5.41 Å². The lowest BCUT2D eigenvalue weighted by Gasteiger charge is -2.32. The summed E-state index contributed by atoms with van der Waals surface area (Å²) < 4.78 is 5.28. The summed E-state index contributed by atoms with van der Waals surface area (Å²) in [4.78, 5) is 17.5. The number of nitrogens with zero attached hydrogens (tertiary/aromatic N) is 2. The fourth-order valence-corrected chi connectivity index (χ4v) is 4.29. The largest absolute Gasteiger partial charge is 0.497 e. The van der Waals surface area contributed by atoms with Gasteiger partial charge in [-0.25, -0.2) is 0 Å². The predicted molar refractivity (Wildman–Crippen MR) is 104 cm³/mol. The van der Waals surface area contributed by atoms with Gasteiger partial charge in [-0.1, -0.05) is 31.9 Å². The molecule has 0 aliphatic carbocycles. The molecule has 5 heteroatoms. The summed E-state index contributed by atoms with van der Waals surface area (Å²) >= 11 is 0. The molecule has 1 aromatic carbocycles. The molecule has 1 aromatic rings. The molecule has 2 N–H and O–H groups in total. The number of methoxy groups -OCH3 is 1. The number of hydrogen-bond donors (Lipinski definition) is 1. The van der Waals surface area contributed by atoms with Gasteiger partial charge in [-0.3, -0.25) is 9.69 Å². The number of benzene rings is 1. The van der Waals surface area contributed by atoms with Crippen LogP contribution in [0.15, 0.2) is 24.3 Å². The quantitative estimate of drug-likeness (QED) is 0.878.